The van der Waals surface area contributed by atoms with Gasteiger partial charge in [-0.25, -0.2) is 4.98 Å². The summed E-state index contributed by atoms with van der Waals surface area (Å²) in [6, 6.07) is 11.0. The van der Waals surface area contributed by atoms with E-state index in [0.29, 0.717) is 30.2 Å². The van der Waals surface area contributed by atoms with Crippen molar-refractivity contribution in [2.75, 3.05) is 23.7 Å². The van der Waals surface area contributed by atoms with E-state index in [1.165, 1.54) is 11.0 Å². The molecule has 0 radical (unpaired) electrons. The molecule has 0 unspecified atom stereocenters. The van der Waals surface area contributed by atoms with Gasteiger partial charge < -0.3 is 10.6 Å². The second kappa shape index (κ2) is 7.65. The Morgan fingerprint density at radius 3 is 2.71 bits per heavy atom. The minimum atomic E-state index is -0.375. The monoisotopic (exact) mass is 396 g/mol. The first-order chi connectivity index (χ1) is 13.6. The molecule has 0 aliphatic carbocycles. The van der Waals surface area contributed by atoms with Crippen LogP contribution in [0.4, 0.5) is 11.5 Å². The first-order valence-electron chi connectivity index (χ1n) is 8.62. The summed E-state index contributed by atoms with van der Waals surface area (Å²) in [5.74, 6) is 1.32. The van der Waals surface area contributed by atoms with Crippen molar-refractivity contribution in [1.82, 2.24) is 29.4 Å². The van der Waals surface area contributed by atoms with Crippen molar-refractivity contribution < 1.29 is 0 Å². The maximum atomic E-state index is 12.5. The van der Waals surface area contributed by atoms with Gasteiger partial charge in [0.15, 0.2) is 0 Å². The Hall–Kier alpha value is -3.46. The van der Waals surface area contributed by atoms with Crippen molar-refractivity contribution in [1.29, 1.82) is 0 Å². The topological polar surface area (TPSA) is 102 Å². The zero-order chi connectivity index (χ0) is 19.5. The molecule has 0 spiro atoms. The van der Waals surface area contributed by atoms with E-state index in [-0.39, 0.29) is 10.6 Å². The van der Waals surface area contributed by atoms with E-state index in [2.05, 4.69) is 30.8 Å². The quantitative estimate of drug-likeness (QED) is 0.481. The van der Waals surface area contributed by atoms with E-state index in [4.69, 9.17) is 11.6 Å². The highest BCUT2D eigenvalue weighted by Gasteiger charge is 2.10. The second-order valence-electron chi connectivity index (χ2n) is 6.03. The van der Waals surface area contributed by atoms with Gasteiger partial charge >= 0.3 is 0 Å². The number of nitrogens with zero attached hydrogens (tertiary/aromatic N) is 6. The molecular weight excluding hydrogens is 380 g/mol. The minimum Gasteiger partial charge on any atom is -0.381 e. The van der Waals surface area contributed by atoms with E-state index in [1.54, 1.807) is 22.8 Å². The third kappa shape index (κ3) is 3.52. The predicted molar refractivity (Wildman–Crippen MR) is 107 cm³/mol. The number of benzene rings is 1. The number of halogens is 1. The molecular formula is C18H17ClN8O. The van der Waals surface area contributed by atoms with Gasteiger partial charge in [0.2, 0.25) is 0 Å². The molecule has 3 heterocycles. The van der Waals surface area contributed by atoms with Crippen molar-refractivity contribution in [3.63, 3.8) is 0 Å². The number of rotatable bonds is 6. The Balaban J connectivity index is 1.43. The molecule has 0 atom stereocenters. The number of aryl methyl sites for hydroxylation is 1. The lowest BCUT2D eigenvalue weighted by molar-refractivity contribution is 0.807. The molecule has 0 saturated carbocycles. The first-order valence-corrected chi connectivity index (χ1v) is 8.99. The average molecular weight is 397 g/mol. The molecule has 10 heteroatoms. The van der Waals surface area contributed by atoms with Crippen molar-refractivity contribution in [2.24, 2.45) is 0 Å². The van der Waals surface area contributed by atoms with Crippen LogP contribution in [-0.4, -0.2) is 42.5 Å². The van der Waals surface area contributed by atoms with Gasteiger partial charge in [-0.1, -0.05) is 29.8 Å². The van der Waals surface area contributed by atoms with Gasteiger partial charge in [-0.05, 0) is 19.1 Å². The van der Waals surface area contributed by atoms with Crippen LogP contribution < -0.4 is 16.2 Å². The number of fused-ring (bicyclic) bond motifs is 1. The van der Waals surface area contributed by atoms with Crippen LogP contribution in [0.3, 0.4) is 0 Å². The maximum absolute atomic E-state index is 12.5. The fourth-order valence-electron chi connectivity index (χ4n) is 2.75. The highest BCUT2D eigenvalue weighted by molar-refractivity contribution is 6.32. The van der Waals surface area contributed by atoms with Crippen LogP contribution in [0.2, 0.25) is 5.02 Å². The van der Waals surface area contributed by atoms with Crippen molar-refractivity contribution in [3.8, 4) is 5.69 Å². The third-order valence-corrected chi connectivity index (χ3v) is 4.41. The Bertz CT molecular complexity index is 1170. The zero-order valence-corrected chi connectivity index (χ0v) is 15.8. The van der Waals surface area contributed by atoms with Crippen LogP contribution in [0.15, 0.2) is 53.7 Å². The molecule has 1 aromatic carbocycles. The number of hydrogen-bond donors (Lipinski definition) is 2. The van der Waals surface area contributed by atoms with Gasteiger partial charge in [0.05, 0.1) is 17.6 Å². The SMILES string of the molecule is Cc1cc(NCCNc2cnn(-c3ccccc3)c(=O)c2Cl)n2ncnc2n1. The fourth-order valence-corrected chi connectivity index (χ4v) is 2.95. The van der Waals surface area contributed by atoms with Gasteiger partial charge in [-0.15, -0.1) is 0 Å². The summed E-state index contributed by atoms with van der Waals surface area (Å²) in [6.45, 7) is 2.98. The highest BCUT2D eigenvalue weighted by atomic mass is 35.5. The largest absolute Gasteiger partial charge is 0.381 e. The molecule has 0 amide bonds. The molecule has 0 fully saturated rings. The Morgan fingerprint density at radius 2 is 1.89 bits per heavy atom. The van der Waals surface area contributed by atoms with Gasteiger partial charge in [-0.3, -0.25) is 4.79 Å². The normalized spacial score (nSPS) is 10.9. The van der Waals surface area contributed by atoms with Crippen LogP contribution in [0.5, 0.6) is 0 Å². The van der Waals surface area contributed by atoms with Gasteiger partial charge in [-0.2, -0.15) is 24.4 Å². The number of anilines is 2. The molecule has 0 bridgehead atoms. The van der Waals surface area contributed by atoms with Crippen LogP contribution >= 0.6 is 11.6 Å². The Morgan fingerprint density at radius 1 is 1.11 bits per heavy atom. The fraction of sp³-hybridized carbons (Fsp3) is 0.167. The Kier molecular flexibility index (Phi) is 4.90. The average Bonchev–Trinajstić information content (AvgIpc) is 3.17. The summed E-state index contributed by atoms with van der Waals surface area (Å²) < 4.78 is 2.90. The summed E-state index contributed by atoms with van der Waals surface area (Å²) in [7, 11) is 0. The molecule has 28 heavy (non-hydrogen) atoms. The smallest absolute Gasteiger partial charge is 0.292 e. The van der Waals surface area contributed by atoms with E-state index in [0.717, 1.165) is 11.5 Å². The van der Waals surface area contributed by atoms with Gasteiger partial charge in [0.1, 0.15) is 17.2 Å². The van der Waals surface area contributed by atoms with E-state index in [1.807, 2.05) is 31.2 Å². The number of hydrogen-bond acceptors (Lipinski definition) is 7. The molecule has 2 N–H and O–H groups in total. The first kappa shape index (κ1) is 17.9. The summed E-state index contributed by atoms with van der Waals surface area (Å²) in [5.41, 5.74) is 1.61. The number of aromatic nitrogens is 6. The van der Waals surface area contributed by atoms with E-state index in [9.17, 15) is 4.79 Å². The molecule has 142 valence electrons. The van der Waals surface area contributed by atoms with Gasteiger partial charge in [0.25, 0.3) is 11.3 Å². The lowest BCUT2D eigenvalue weighted by Crippen LogP contribution is -2.24. The molecule has 9 nitrogen and oxygen atoms in total. The second-order valence-corrected chi connectivity index (χ2v) is 6.41. The predicted octanol–water partition coefficient (Wildman–Crippen LogP) is 2.16. The minimum absolute atomic E-state index is 0.0947. The van der Waals surface area contributed by atoms with Crippen molar-refractivity contribution in [3.05, 3.63) is 70.0 Å². The zero-order valence-electron chi connectivity index (χ0n) is 15.0. The van der Waals surface area contributed by atoms with Gasteiger partial charge in [0, 0.05) is 24.8 Å². The van der Waals surface area contributed by atoms with E-state index >= 15 is 0 Å². The standard InChI is InChI=1S/C18H17ClN8O/c1-12-9-15(27-18(25-12)22-11-24-27)21-8-7-20-14-10-23-26(17(28)16(14)19)13-5-3-2-4-6-13/h2-6,9-11,20-21H,7-8H2,1H3. The lowest BCUT2D eigenvalue weighted by atomic mass is 10.3. The number of nitrogens with one attached hydrogen (secondary N) is 2. The number of para-hydroxylation sites is 1. The van der Waals surface area contributed by atoms with Crippen molar-refractivity contribution >= 4 is 28.9 Å². The molecule has 3 aromatic heterocycles. The van der Waals surface area contributed by atoms with Crippen LogP contribution in [0.1, 0.15) is 5.69 Å². The lowest BCUT2D eigenvalue weighted by Gasteiger charge is -2.12. The van der Waals surface area contributed by atoms with E-state index < -0.39 is 0 Å². The maximum Gasteiger partial charge on any atom is 0.292 e. The molecule has 0 saturated heterocycles. The Labute approximate surface area is 165 Å². The van der Waals surface area contributed by atoms with Crippen LogP contribution in [0.25, 0.3) is 11.5 Å². The summed E-state index contributed by atoms with van der Waals surface area (Å²) in [5, 5.41) is 14.8. The summed E-state index contributed by atoms with van der Waals surface area (Å²) in [4.78, 5) is 20.9. The molecule has 0 aliphatic rings. The van der Waals surface area contributed by atoms with Crippen LogP contribution in [-0.2, 0) is 0 Å². The summed E-state index contributed by atoms with van der Waals surface area (Å²) >= 11 is 6.24. The summed E-state index contributed by atoms with van der Waals surface area (Å²) in [6.07, 6.45) is 3.00. The third-order valence-electron chi connectivity index (χ3n) is 4.05. The molecule has 4 rings (SSSR count). The molecule has 0 aliphatic heterocycles. The molecule has 4 aromatic rings. The van der Waals surface area contributed by atoms with Crippen molar-refractivity contribution in [2.45, 2.75) is 6.92 Å². The van der Waals surface area contributed by atoms with Crippen LogP contribution in [0, 0.1) is 6.92 Å². The highest BCUT2D eigenvalue weighted by Crippen LogP contribution is 2.16.